The van der Waals surface area contributed by atoms with E-state index in [9.17, 15) is 14.4 Å². The number of piperidine rings is 1. The van der Waals surface area contributed by atoms with Crippen LogP contribution in [0.15, 0.2) is 64.9 Å². The van der Waals surface area contributed by atoms with Gasteiger partial charge >= 0.3 is 0 Å². The fourth-order valence-corrected chi connectivity index (χ4v) is 4.92. The molecule has 0 saturated carbocycles. The molecule has 0 spiro atoms. The van der Waals surface area contributed by atoms with Crippen molar-refractivity contribution in [2.45, 2.75) is 28.7 Å². The third-order valence-corrected chi connectivity index (χ3v) is 6.78. The fraction of sp³-hybridized carbons (Fsp3) is 0.217. The van der Waals surface area contributed by atoms with Crippen molar-refractivity contribution in [1.29, 1.82) is 5.26 Å². The summed E-state index contributed by atoms with van der Waals surface area (Å²) in [7, 11) is 1.82. The topological polar surface area (TPSA) is 79.2 Å². The lowest BCUT2D eigenvalue weighted by atomic mass is 10.1. The van der Waals surface area contributed by atoms with Crippen LogP contribution in [0.25, 0.3) is 16.6 Å². The predicted octanol–water partition coefficient (Wildman–Crippen LogP) is 4.15. The highest BCUT2D eigenvalue weighted by molar-refractivity contribution is 7.99. The van der Waals surface area contributed by atoms with Gasteiger partial charge in [-0.15, -0.1) is 0 Å². The molecular formula is C23H19FN6OS. The molecule has 1 saturated heterocycles. The number of nitrogens with zero attached hydrogens (tertiary/aromatic N) is 6. The molecule has 4 aromatic rings. The zero-order chi connectivity index (χ0) is 22.2. The van der Waals surface area contributed by atoms with Gasteiger partial charge in [-0.2, -0.15) is 15.5 Å². The van der Waals surface area contributed by atoms with E-state index in [-0.39, 0.29) is 17.8 Å². The number of rotatable bonds is 4. The first-order valence-electron chi connectivity index (χ1n) is 10.2. The first kappa shape index (κ1) is 20.3. The second-order valence-electron chi connectivity index (χ2n) is 7.76. The molecule has 0 aliphatic carbocycles. The molecule has 1 amide bonds. The molecule has 0 radical (unpaired) electrons. The third-order valence-electron chi connectivity index (χ3n) is 5.70. The van der Waals surface area contributed by atoms with Gasteiger partial charge in [0.1, 0.15) is 11.9 Å². The Hall–Kier alpha value is -3.64. The molecule has 4 heterocycles. The minimum Gasteiger partial charge on any atom is -0.346 e. The van der Waals surface area contributed by atoms with Crippen molar-refractivity contribution in [3.8, 4) is 17.2 Å². The molecule has 7 nitrogen and oxygen atoms in total. The van der Waals surface area contributed by atoms with Crippen molar-refractivity contribution >= 4 is 23.2 Å². The number of aromatic nitrogens is 4. The SMILES string of the molecule is CN1CCC(n2cc(-c3cc(Sc4ccccc4F)c4c(C#N)cnn4c3)cn2)CC1=O. The summed E-state index contributed by atoms with van der Waals surface area (Å²) in [5.74, 6) is -0.206. The summed E-state index contributed by atoms with van der Waals surface area (Å²) in [6, 6.07) is 10.7. The van der Waals surface area contributed by atoms with E-state index in [1.807, 2.05) is 30.2 Å². The largest absolute Gasteiger partial charge is 0.346 e. The number of nitriles is 1. The zero-order valence-corrected chi connectivity index (χ0v) is 18.1. The van der Waals surface area contributed by atoms with Gasteiger partial charge in [0.15, 0.2) is 0 Å². The summed E-state index contributed by atoms with van der Waals surface area (Å²) < 4.78 is 17.8. The maximum Gasteiger partial charge on any atom is 0.224 e. The highest BCUT2D eigenvalue weighted by Gasteiger charge is 2.25. The number of pyridine rings is 1. The van der Waals surface area contributed by atoms with Crippen molar-refractivity contribution < 1.29 is 9.18 Å². The number of carbonyl (C=O) groups is 1. The number of fused-ring (bicyclic) bond motifs is 1. The van der Waals surface area contributed by atoms with E-state index in [4.69, 9.17) is 0 Å². The average Bonchev–Trinajstić information content (AvgIpc) is 3.44. The molecule has 0 bridgehead atoms. The molecule has 1 unspecified atom stereocenters. The van der Waals surface area contributed by atoms with Crippen LogP contribution in [0.4, 0.5) is 4.39 Å². The lowest BCUT2D eigenvalue weighted by Crippen LogP contribution is -2.36. The van der Waals surface area contributed by atoms with Crippen LogP contribution in [0.1, 0.15) is 24.4 Å². The number of likely N-dealkylation sites (tertiary alicyclic amines) is 1. The smallest absolute Gasteiger partial charge is 0.224 e. The van der Waals surface area contributed by atoms with Crippen molar-refractivity contribution in [3.63, 3.8) is 0 Å². The molecule has 160 valence electrons. The Morgan fingerprint density at radius 1 is 1.16 bits per heavy atom. The van der Waals surface area contributed by atoms with Crippen LogP contribution in [0.2, 0.25) is 0 Å². The van der Waals surface area contributed by atoms with Crippen LogP contribution >= 0.6 is 11.8 Å². The number of carbonyl (C=O) groups excluding carboxylic acids is 1. The van der Waals surface area contributed by atoms with E-state index in [0.29, 0.717) is 28.9 Å². The van der Waals surface area contributed by atoms with E-state index in [0.717, 1.165) is 22.4 Å². The molecule has 1 aliphatic rings. The summed E-state index contributed by atoms with van der Waals surface area (Å²) in [5, 5.41) is 18.3. The maximum atomic E-state index is 14.3. The van der Waals surface area contributed by atoms with Gasteiger partial charge in [-0.1, -0.05) is 23.9 Å². The Bertz CT molecular complexity index is 1370. The molecule has 1 atom stereocenters. The Morgan fingerprint density at radius 3 is 2.78 bits per heavy atom. The summed E-state index contributed by atoms with van der Waals surface area (Å²) in [4.78, 5) is 15.0. The van der Waals surface area contributed by atoms with Gasteiger partial charge in [0, 0.05) is 53.3 Å². The Kier molecular flexibility index (Phi) is 5.15. The number of hydrogen-bond acceptors (Lipinski definition) is 5. The van der Waals surface area contributed by atoms with E-state index < -0.39 is 0 Å². The number of amides is 1. The molecule has 1 fully saturated rings. The van der Waals surface area contributed by atoms with Gasteiger partial charge in [0.25, 0.3) is 0 Å². The molecule has 3 aromatic heterocycles. The lowest BCUT2D eigenvalue weighted by Gasteiger charge is -2.28. The predicted molar refractivity (Wildman–Crippen MR) is 118 cm³/mol. The molecule has 0 N–H and O–H groups in total. The molecular weight excluding hydrogens is 427 g/mol. The van der Waals surface area contributed by atoms with Crippen molar-refractivity contribution in [3.05, 3.63) is 66.5 Å². The highest BCUT2D eigenvalue weighted by Crippen LogP contribution is 2.37. The molecule has 5 rings (SSSR count). The van der Waals surface area contributed by atoms with Crippen molar-refractivity contribution in [1.82, 2.24) is 24.3 Å². The molecule has 32 heavy (non-hydrogen) atoms. The number of halogens is 1. The monoisotopic (exact) mass is 446 g/mol. The molecule has 1 aromatic carbocycles. The lowest BCUT2D eigenvalue weighted by molar-refractivity contribution is -0.133. The second kappa shape index (κ2) is 8.13. The fourth-order valence-electron chi connectivity index (χ4n) is 3.89. The van der Waals surface area contributed by atoms with Gasteiger partial charge in [-0.05, 0) is 24.6 Å². The Balaban J connectivity index is 1.54. The van der Waals surface area contributed by atoms with E-state index in [2.05, 4.69) is 16.3 Å². The quantitative estimate of drug-likeness (QED) is 0.471. The number of benzene rings is 1. The molecule has 9 heteroatoms. The summed E-state index contributed by atoms with van der Waals surface area (Å²) in [6.45, 7) is 0.707. The van der Waals surface area contributed by atoms with Gasteiger partial charge < -0.3 is 4.90 Å². The summed E-state index contributed by atoms with van der Waals surface area (Å²) in [5.41, 5.74) is 2.77. The highest BCUT2D eigenvalue weighted by atomic mass is 32.2. The van der Waals surface area contributed by atoms with Gasteiger partial charge in [-0.3, -0.25) is 9.48 Å². The Morgan fingerprint density at radius 2 is 2.00 bits per heavy atom. The number of hydrogen-bond donors (Lipinski definition) is 0. The van der Waals surface area contributed by atoms with E-state index in [1.165, 1.54) is 24.0 Å². The van der Waals surface area contributed by atoms with Gasteiger partial charge in [0.2, 0.25) is 5.91 Å². The second-order valence-corrected chi connectivity index (χ2v) is 8.84. The van der Waals surface area contributed by atoms with Crippen LogP contribution < -0.4 is 0 Å². The Labute approximate surface area is 188 Å². The normalized spacial score (nSPS) is 16.5. The minimum atomic E-state index is -0.321. The average molecular weight is 447 g/mol. The standard InChI is InChI=1S/C23H19FN6OS/c1-28-7-6-18(9-22(28)31)29-14-17(12-26-29)15-8-21(32-20-5-3-2-4-19(20)24)23-16(10-25)11-27-30(23)13-15/h2-5,8,11-14,18H,6-7,9H2,1H3. The van der Waals surface area contributed by atoms with Gasteiger partial charge in [-0.25, -0.2) is 8.91 Å². The van der Waals surface area contributed by atoms with Crippen LogP contribution in [-0.4, -0.2) is 43.8 Å². The first-order chi connectivity index (χ1) is 15.5. The summed E-state index contributed by atoms with van der Waals surface area (Å²) >= 11 is 1.26. The van der Waals surface area contributed by atoms with Crippen LogP contribution in [0, 0.1) is 17.1 Å². The van der Waals surface area contributed by atoms with Crippen LogP contribution in [0.5, 0.6) is 0 Å². The van der Waals surface area contributed by atoms with Crippen LogP contribution in [-0.2, 0) is 4.79 Å². The zero-order valence-electron chi connectivity index (χ0n) is 17.3. The maximum absolute atomic E-state index is 14.3. The van der Waals surface area contributed by atoms with Gasteiger partial charge in [0.05, 0.1) is 29.5 Å². The van der Waals surface area contributed by atoms with Crippen molar-refractivity contribution in [2.24, 2.45) is 0 Å². The van der Waals surface area contributed by atoms with E-state index in [1.54, 1.807) is 33.8 Å². The van der Waals surface area contributed by atoms with Crippen molar-refractivity contribution in [2.75, 3.05) is 13.6 Å². The molecule has 1 aliphatic heterocycles. The summed E-state index contributed by atoms with van der Waals surface area (Å²) in [6.07, 6.45) is 8.31. The first-order valence-corrected chi connectivity index (χ1v) is 11.0. The van der Waals surface area contributed by atoms with E-state index >= 15 is 0 Å². The third kappa shape index (κ3) is 3.63. The minimum absolute atomic E-state index is 0.0262. The van der Waals surface area contributed by atoms with Crippen LogP contribution in [0.3, 0.4) is 0 Å².